The van der Waals surface area contributed by atoms with Gasteiger partial charge in [-0.3, -0.25) is 4.79 Å². The highest BCUT2D eigenvalue weighted by Crippen LogP contribution is 2.30. The average Bonchev–Trinajstić information content (AvgIpc) is 2.65. The maximum absolute atomic E-state index is 13.6. The number of aldehydes is 1. The van der Waals surface area contributed by atoms with Crippen LogP contribution in [0.25, 0.3) is 11.1 Å². The van der Waals surface area contributed by atoms with Crippen LogP contribution in [0.4, 0.5) is 4.39 Å². The quantitative estimate of drug-likeness (QED) is 0.758. The van der Waals surface area contributed by atoms with Gasteiger partial charge in [-0.2, -0.15) is 11.3 Å². The first-order valence-electron chi connectivity index (χ1n) is 4.19. The van der Waals surface area contributed by atoms with E-state index < -0.39 is 0 Å². The van der Waals surface area contributed by atoms with Crippen molar-refractivity contribution in [3.05, 3.63) is 44.8 Å². The van der Waals surface area contributed by atoms with E-state index in [1.165, 1.54) is 17.4 Å². The van der Waals surface area contributed by atoms with Gasteiger partial charge in [0.1, 0.15) is 5.82 Å². The van der Waals surface area contributed by atoms with Crippen LogP contribution in [0.5, 0.6) is 0 Å². The van der Waals surface area contributed by atoms with E-state index in [2.05, 4.69) is 15.9 Å². The summed E-state index contributed by atoms with van der Waals surface area (Å²) in [5, 5.41) is 3.49. The Morgan fingerprint density at radius 3 is 2.73 bits per heavy atom. The molecule has 0 saturated carbocycles. The molecule has 1 aromatic carbocycles. The first-order chi connectivity index (χ1) is 7.22. The summed E-state index contributed by atoms with van der Waals surface area (Å²) in [6.07, 6.45) is 0.743. The molecular formula is C11H6BrFOS. The lowest BCUT2D eigenvalue weighted by Crippen LogP contribution is -1.86. The van der Waals surface area contributed by atoms with Gasteiger partial charge in [-0.15, -0.1) is 0 Å². The zero-order valence-corrected chi connectivity index (χ0v) is 9.94. The Bertz CT molecular complexity index is 507. The van der Waals surface area contributed by atoms with Crippen molar-refractivity contribution in [2.75, 3.05) is 0 Å². The first-order valence-corrected chi connectivity index (χ1v) is 5.92. The Morgan fingerprint density at radius 2 is 2.07 bits per heavy atom. The fourth-order valence-electron chi connectivity index (χ4n) is 1.33. The highest BCUT2D eigenvalue weighted by molar-refractivity contribution is 9.10. The van der Waals surface area contributed by atoms with Crippen LogP contribution in [-0.4, -0.2) is 6.29 Å². The van der Waals surface area contributed by atoms with Crippen molar-refractivity contribution in [1.29, 1.82) is 0 Å². The van der Waals surface area contributed by atoms with Crippen LogP contribution in [0.1, 0.15) is 10.4 Å². The highest BCUT2D eigenvalue weighted by Gasteiger charge is 2.10. The third-order valence-electron chi connectivity index (χ3n) is 2.04. The Hall–Kier alpha value is -1.00. The van der Waals surface area contributed by atoms with Crippen molar-refractivity contribution in [3.63, 3.8) is 0 Å². The fourth-order valence-corrected chi connectivity index (χ4v) is 2.45. The molecule has 0 aliphatic rings. The summed E-state index contributed by atoms with van der Waals surface area (Å²) in [7, 11) is 0. The molecule has 0 amide bonds. The molecule has 0 fully saturated rings. The van der Waals surface area contributed by atoms with Gasteiger partial charge in [-0.05, 0) is 17.5 Å². The summed E-state index contributed by atoms with van der Waals surface area (Å²) in [6, 6.07) is 4.81. The molecule has 76 valence electrons. The molecule has 0 saturated heterocycles. The molecule has 0 atom stereocenters. The van der Waals surface area contributed by atoms with Gasteiger partial charge in [0.15, 0.2) is 6.29 Å². The van der Waals surface area contributed by atoms with Crippen LogP contribution in [0.15, 0.2) is 33.4 Å². The van der Waals surface area contributed by atoms with Gasteiger partial charge in [0.25, 0.3) is 0 Å². The van der Waals surface area contributed by atoms with Gasteiger partial charge in [-0.1, -0.05) is 22.0 Å². The number of hydrogen-bond acceptors (Lipinski definition) is 2. The molecule has 0 aliphatic heterocycles. The minimum Gasteiger partial charge on any atom is -0.298 e. The van der Waals surface area contributed by atoms with E-state index in [0.29, 0.717) is 21.2 Å². The zero-order valence-electron chi connectivity index (χ0n) is 7.54. The van der Waals surface area contributed by atoms with E-state index >= 15 is 0 Å². The molecule has 2 rings (SSSR count). The molecule has 15 heavy (non-hydrogen) atoms. The number of hydrogen-bond donors (Lipinski definition) is 0. The summed E-state index contributed by atoms with van der Waals surface area (Å²) < 4.78 is 14.3. The second-order valence-electron chi connectivity index (χ2n) is 2.98. The number of rotatable bonds is 2. The second kappa shape index (κ2) is 4.24. The summed E-state index contributed by atoms with van der Waals surface area (Å²) in [5.41, 5.74) is 1.64. The van der Waals surface area contributed by atoms with Crippen LogP contribution in [-0.2, 0) is 0 Å². The largest absolute Gasteiger partial charge is 0.298 e. The van der Waals surface area contributed by atoms with E-state index in [-0.39, 0.29) is 5.82 Å². The SMILES string of the molecule is O=Cc1cscc1-c1ccc(Br)cc1F. The monoisotopic (exact) mass is 284 g/mol. The molecule has 0 N–H and O–H groups in total. The Kier molecular flexibility index (Phi) is 2.98. The molecule has 0 aliphatic carbocycles. The Balaban J connectivity index is 2.59. The summed E-state index contributed by atoms with van der Waals surface area (Å²) in [5.74, 6) is -0.328. The predicted octanol–water partition coefficient (Wildman–Crippen LogP) is 4.13. The fraction of sp³-hybridized carbons (Fsp3) is 0. The molecule has 0 spiro atoms. The minimum atomic E-state index is -0.328. The first kappa shape index (κ1) is 10.5. The van der Waals surface area contributed by atoms with Crippen molar-refractivity contribution in [2.24, 2.45) is 0 Å². The third-order valence-corrected chi connectivity index (χ3v) is 3.30. The molecule has 0 unspecified atom stereocenters. The van der Waals surface area contributed by atoms with Gasteiger partial charge in [0, 0.05) is 26.5 Å². The Morgan fingerprint density at radius 1 is 1.27 bits per heavy atom. The van der Waals surface area contributed by atoms with Crippen molar-refractivity contribution < 1.29 is 9.18 Å². The molecule has 1 nitrogen and oxygen atoms in total. The number of carbonyl (C=O) groups excluding carboxylic acids is 1. The molecule has 1 aromatic heterocycles. The standard InChI is InChI=1S/C11H6BrFOS/c12-8-1-2-9(11(13)3-8)10-6-15-5-7(10)4-14/h1-6H. The Labute approximate surface area is 98.7 Å². The van der Waals surface area contributed by atoms with Gasteiger partial charge in [0.05, 0.1) is 0 Å². The molecular weight excluding hydrogens is 279 g/mol. The van der Waals surface area contributed by atoms with E-state index in [1.54, 1.807) is 22.9 Å². The lowest BCUT2D eigenvalue weighted by Gasteiger charge is -2.02. The lowest BCUT2D eigenvalue weighted by atomic mass is 10.1. The highest BCUT2D eigenvalue weighted by atomic mass is 79.9. The molecule has 2 aromatic rings. The molecule has 1 heterocycles. The van der Waals surface area contributed by atoms with Crippen LogP contribution in [0.2, 0.25) is 0 Å². The van der Waals surface area contributed by atoms with Gasteiger partial charge < -0.3 is 0 Å². The third kappa shape index (κ3) is 2.01. The van der Waals surface area contributed by atoms with Crippen molar-refractivity contribution in [1.82, 2.24) is 0 Å². The van der Waals surface area contributed by atoms with Crippen LogP contribution in [0, 0.1) is 5.82 Å². The number of carbonyl (C=O) groups is 1. The maximum Gasteiger partial charge on any atom is 0.151 e. The number of thiophene rings is 1. The average molecular weight is 285 g/mol. The van der Waals surface area contributed by atoms with Crippen LogP contribution < -0.4 is 0 Å². The van der Waals surface area contributed by atoms with Gasteiger partial charge >= 0.3 is 0 Å². The summed E-state index contributed by atoms with van der Waals surface area (Å²) in [4.78, 5) is 10.7. The molecule has 0 bridgehead atoms. The second-order valence-corrected chi connectivity index (χ2v) is 4.64. The summed E-state index contributed by atoms with van der Waals surface area (Å²) >= 11 is 4.58. The molecule has 0 radical (unpaired) electrons. The minimum absolute atomic E-state index is 0.328. The van der Waals surface area contributed by atoms with E-state index in [4.69, 9.17) is 0 Å². The van der Waals surface area contributed by atoms with Gasteiger partial charge in [0.2, 0.25) is 0 Å². The van der Waals surface area contributed by atoms with Crippen molar-refractivity contribution in [2.45, 2.75) is 0 Å². The van der Waals surface area contributed by atoms with E-state index in [0.717, 1.165) is 6.29 Å². The topological polar surface area (TPSA) is 17.1 Å². The maximum atomic E-state index is 13.6. The summed E-state index contributed by atoms with van der Waals surface area (Å²) in [6.45, 7) is 0. The number of halogens is 2. The van der Waals surface area contributed by atoms with E-state index in [9.17, 15) is 9.18 Å². The predicted molar refractivity (Wildman–Crippen MR) is 62.8 cm³/mol. The van der Waals surface area contributed by atoms with Crippen LogP contribution >= 0.6 is 27.3 Å². The van der Waals surface area contributed by atoms with Crippen LogP contribution in [0.3, 0.4) is 0 Å². The molecule has 4 heteroatoms. The number of benzene rings is 1. The zero-order chi connectivity index (χ0) is 10.8. The van der Waals surface area contributed by atoms with Crippen molar-refractivity contribution >= 4 is 33.6 Å². The van der Waals surface area contributed by atoms with Crippen molar-refractivity contribution in [3.8, 4) is 11.1 Å². The normalized spacial score (nSPS) is 10.3. The van der Waals surface area contributed by atoms with Gasteiger partial charge in [-0.25, -0.2) is 4.39 Å². The lowest BCUT2D eigenvalue weighted by molar-refractivity contribution is 0.112. The van der Waals surface area contributed by atoms with E-state index in [1.807, 2.05) is 0 Å². The smallest absolute Gasteiger partial charge is 0.151 e.